The average molecular weight is 413 g/mol. The molecule has 0 unspecified atom stereocenters. The molecule has 0 N–H and O–H groups in total. The van der Waals surface area contributed by atoms with E-state index >= 15 is 0 Å². The summed E-state index contributed by atoms with van der Waals surface area (Å²) >= 11 is 0. The molecule has 5 heteroatoms. The third-order valence-corrected chi connectivity index (χ3v) is 6.11. The zero-order valence-corrected chi connectivity index (χ0v) is 17.3. The van der Waals surface area contributed by atoms with Crippen LogP contribution in [0, 0.1) is 6.92 Å². The summed E-state index contributed by atoms with van der Waals surface area (Å²) in [5, 5.41) is 0. The quantitative estimate of drug-likeness (QED) is 0.583. The summed E-state index contributed by atoms with van der Waals surface area (Å²) in [5.41, 5.74) is 6.78. The number of rotatable bonds is 4. The molecule has 1 fully saturated rings. The van der Waals surface area contributed by atoms with Crippen LogP contribution in [-0.4, -0.2) is 36.3 Å². The molecular formula is C26H23NO4. The topological polar surface area (TPSA) is 55.8 Å². The molecule has 5 nitrogen and oxygen atoms in total. The van der Waals surface area contributed by atoms with Gasteiger partial charge in [0.25, 0.3) is 0 Å². The first-order valence-electron chi connectivity index (χ1n) is 10.5. The van der Waals surface area contributed by atoms with Crippen molar-refractivity contribution in [2.24, 2.45) is 0 Å². The molecule has 2 aliphatic rings. The van der Waals surface area contributed by atoms with Crippen molar-refractivity contribution in [2.75, 3.05) is 13.3 Å². The van der Waals surface area contributed by atoms with E-state index in [-0.39, 0.29) is 19.3 Å². The number of aryl methyl sites for hydroxylation is 1. The van der Waals surface area contributed by atoms with Crippen molar-refractivity contribution in [3.8, 4) is 11.1 Å². The Bertz CT molecular complexity index is 1090. The molecule has 1 saturated heterocycles. The first-order valence-corrected chi connectivity index (χ1v) is 10.5. The Morgan fingerprint density at radius 1 is 0.968 bits per heavy atom. The van der Waals surface area contributed by atoms with Crippen LogP contribution in [-0.2, 0) is 20.7 Å². The number of hydrogen-bond donors (Lipinski definition) is 0. The van der Waals surface area contributed by atoms with Gasteiger partial charge in [0.05, 0.1) is 0 Å². The Labute approximate surface area is 181 Å². The second-order valence-electron chi connectivity index (χ2n) is 8.07. The molecule has 1 aliphatic carbocycles. The van der Waals surface area contributed by atoms with Crippen molar-refractivity contribution in [2.45, 2.75) is 25.3 Å². The smallest absolute Gasteiger partial charge is 0.413 e. The minimum atomic E-state index is -0.668. The lowest BCUT2D eigenvalue weighted by Crippen LogP contribution is -2.40. The highest BCUT2D eigenvalue weighted by Gasteiger charge is 2.39. The largest absolute Gasteiger partial charge is 0.448 e. The van der Waals surface area contributed by atoms with Crippen LogP contribution in [0.1, 0.15) is 28.2 Å². The van der Waals surface area contributed by atoms with Crippen molar-refractivity contribution < 1.29 is 19.1 Å². The van der Waals surface area contributed by atoms with E-state index in [1.54, 1.807) is 0 Å². The first kappa shape index (κ1) is 19.4. The number of ether oxygens (including phenoxy) is 2. The number of carbonyl (C=O) groups is 2. The van der Waals surface area contributed by atoms with Gasteiger partial charge >= 0.3 is 12.1 Å². The van der Waals surface area contributed by atoms with E-state index in [1.165, 1.54) is 16.0 Å². The Morgan fingerprint density at radius 2 is 1.58 bits per heavy atom. The van der Waals surface area contributed by atoms with E-state index in [2.05, 4.69) is 24.3 Å². The van der Waals surface area contributed by atoms with Crippen LogP contribution in [0.2, 0.25) is 0 Å². The van der Waals surface area contributed by atoms with Gasteiger partial charge in [0.1, 0.15) is 12.6 Å². The van der Waals surface area contributed by atoms with E-state index in [1.807, 2.05) is 55.5 Å². The van der Waals surface area contributed by atoms with Crippen LogP contribution < -0.4 is 0 Å². The van der Waals surface area contributed by atoms with E-state index < -0.39 is 18.1 Å². The van der Waals surface area contributed by atoms with E-state index in [4.69, 9.17) is 9.47 Å². The molecule has 1 amide bonds. The molecule has 1 heterocycles. The maximum atomic E-state index is 12.9. The Hall–Kier alpha value is -3.60. The molecule has 3 aromatic rings. The summed E-state index contributed by atoms with van der Waals surface area (Å²) < 4.78 is 10.9. The number of cyclic esters (lactones) is 1. The number of nitrogens with zero attached hydrogens (tertiary/aromatic N) is 1. The maximum Gasteiger partial charge on any atom is 0.413 e. The van der Waals surface area contributed by atoms with Crippen molar-refractivity contribution in [1.82, 2.24) is 4.90 Å². The summed E-state index contributed by atoms with van der Waals surface area (Å²) in [4.78, 5) is 26.6. The monoisotopic (exact) mass is 413 g/mol. The van der Waals surface area contributed by atoms with Crippen LogP contribution >= 0.6 is 0 Å². The average Bonchev–Trinajstić information content (AvgIpc) is 3.32. The van der Waals surface area contributed by atoms with Crippen molar-refractivity contribution in [1.29, 1.82) is 0 Å². The third kappa shape index (κ3) is 3.56. The molecule has 0 bridgehead atoms. The van der Waals surface area contributed by atoms with Gasteiger partial charge in [-0.1, -0.05) is 78.4 Å². The first-order chi connectivity index (χ1) is 15.1. The summed E-state index contributed by atoms with van der Waals surface area (Å²) in [6, 6.07) is 23.7. The minimum Gasteiger partial charge on any atom is -0.448 e. The number of hydrogen-bond acceptors (Lipinski definition) is 4. The standard InChI is InChI=1S/C26H23NO4/c1-17-10-12-18(13-11-17)14-24-25(28)31-16-27(24)26(29)30-15-23-21-8-4-2-6-19(21)20-7-3-5-9-22(20)23/h2-13,23-24H,14-16H2,1H3/t24-/m0/s1. The fraction of sp³-hybridized carbons (Fsp3) is 0.231. The minimum absolute atomic E-state index is 0.0221. The molecule has 0 radical (unpaired) electrons. The predicted octanol–water partition coefficient (Wildman–Crippen LogP) is 4.67. The SMILES string of the molecule is Cc1ccc(C[C@H]2C(=O)OCN2C(=O)OCC2c3ccccc3-c3ccccc32)cc1. The molecule has 0 saturated carbocycles. The van der Waals surface area contributed by atoms with E-state index in [9.17, 15) is 9.59 Å². The molecule has 31 heavy (non-hydrogen) atoms. The molecule has 3 aromatic carbocycles. The van der Waals surface area contributed by atoms with Crippen LogP contribution in [0.15, 0.2) is 72.8 Å². The summed E-state index contributed by atoms with van der Waals surface area (Å²) in [5.74, 6) is -0.416. The fourth-order valence-electron chi connectivity index (χ4n) is 4.44. The van der Waals surface area contributed by atoms with Crippen LogP contribution in [0.3, 0.4) is 0 Å². The van der Waals surface area contributed by atoms with Gasteiger partial charge in [-0.3, -0.25) is 4.90 Å². The predicted molar refractivity (Wildman–Crippen MR) is 117 cm³/mol. The molecule has 0 spiro atoms. The molecule has 156 valence electrons. The van der Waals surface area contributed by atoms with Gasteiger partial charge in [0.15, 0.2) is 6.73 Å². The normalized spacial score (nSPS) is 17.3. The zero-order chi connectivity index (χ0) is 21.4. The van der Waals surface area contributed by atoms with Gasteiger partial charge in [0.2, 0.25) is 0 Å². The fourth-order valence-corrected chi connectivity index (χ4v) is 4.44. The number of carbonyl (C=O) groups excluding carboxylic acids is 2. The number of esters is 1. The molecule has 5 rings (SSSR count). The van der Waals surface area contributed by atoms with Crippen LogP contribution in [0.25, 0.3) is 11.1 Å². The van der Waals surface area contributed by atoms with Gasteiger partial charge in [-0.05, 0) is 34.7 Å². The van der Waals surface area contributed by atoms with E-state index in [0.29, 0.717) is 6.42 Å². The Kier molecular flexibility index (Phi) is 4.94. The highest BCUT2D eigenvalue weighted by atomic mass is 16.6. The summed E-state index contributed by atoms with van der Waals surface area (Å²) in [6.45, 7) is 2.15. The molecular weight excluding hydrogens is 390 g/mol. The molecule has 1 atom stereocenters. The second kappa shape index (κ2) is 7.91. The van der Waals surface area contributed by atoms with Gasteiger partial charge in [-0.15, -0.1) is 0 Å². The van der Waals surface area contributed by atoms with E-state index in [0.717, 1.165) is 22.3 Å². The summed E-state index contributed by atoms with van der Waals surface area (Å²) in [7, 11) is 0. The lowest BCUT2D eigenvalue weighted by atomic mass is 9.98. The van der Waals surface area contributed by atoms with Gasteiger partial charge < -0.3 is 9.47 Å². The van der Waals surface area contributed by atoms with Gasteiger partial charge in [0, 0.05) is 12.3 Å². The van der Waals surface area contributed by atoms with Crippen molar-refractivity contribution in [3.05, 3.63) is 95.1 Å². The number of benzene rings is 3. The van der Waals surface area contributed by atoms with Crippen LogP contribution in [0.5, 0.6) is 0 Å². The molecule has 0 aromatic heterocycles. The van der Waals surface area contributed by atoms with Gasteiger partial charge in [-0.25, -0.2) is 9.59 Å². The highest BCUT2D eigenvalue weighted by Crippen LogP contribution is 2.44. The number of amides is 1. The van der Waals surface area contributed by atoms with Crippen LogP contribution in [0.4, 0.5) is 4.79 Å². The van der Waals surface area contributed by atoms with Crippen molar-refractivity contribution in [3.63, 3.8) is 0 Å². The number of fused-ring (bicyclic) bond motifs is 3. The maximum absolute atomic E-state index is 12.9. The lowest BCUT2D eigenvalue weighted by molar-refractivity contribution is -0.139. The van der Waals surface area contributed by atoms with Crippen molar-refractivity contribution >= 4 is 12.1 Å². The summed E-state index contributed by atoms with van der Waals surface area (Å²) in [6.07, 6.45) is -0.117. The zero-order valence-electron chi connectivity index (χ0n) is 17.3. The second-order valence-corrected chi connectivity index (χ2v) is 8.07. The highest BCUT2D eigenvalue weighted by molar-refractivity contribution is 5.84. The lowest BCUT2D eigenvalue weighted by Gasteiger charge is -2.21. The Morgan fingerprint density at radius 3 is 2.23 bits per heavy atom. The molecule has 1 aliphatic heterocycles. The third-order valence-electron chi connectivity index (χ3n) is 6.11. The van der Waals surface area contributed by atoms with Gasteiger partial charge in [-0.2, -0.15) is 0 Å². The Balaban J connectivity index is 1.31.